The van der Waals surface area contributed by atoms with Crippen molar-refractivity contribution in [2.24, 2.45) is 0 Å². The highest BCUT2D eigenvalue weighted by Gasteiger charge is 2.44. The maximum absolute atomic E-state index is 12.0. The zero-order chi connectivity index (χ0) is 14.1. The number of aliphatic carboxylic acids is 1. The normalized spacial score (nSPS) is 26.4. The fraction of sp³-hybridized carbons (Fsp3) is 0.857. The first-order chi connectivity index (χ1) is 8.04. The van der Waals surface area contributed by atoms with Gasteiger partial charge in [-0.3, -0.25) is 4.79 Å². The average molecular weight is 308 g/mol. The molecule has 11 heteroatoms. The Morgan fingerprint density at radius 3 is 2.56 bits per heavy atom. The summed E-state index contributed by atoms with van der Waals surface area (Å²) in [5, 5.41) is 8.10. The molecule has 0 radical (unpaired) electrons. The first-order valence-electron chi connectivity index (χ1n) is 4.74. The molecule has 2 atom stereocenters. The molecule has 0 spiro atoms. The standard InChI is InChI=1S/C7H11F3N2O4S2/c1-4-12(5(2-17-4)6(13)14)18(15,16)11-3-7(8,9)10/h4-5,11H,2-3H2,1H3,(H,13,14). The Labute approximate surface area is 106 Å². The third-order valence-electron chi connectivity index (χ3n) is 2.18. The molecule has 2 N–H and O–H groups in total. The van der Waals surface area contributed by atoms with Crippen molar-refractivity contribution in [3.05, 3.63) is 0 Å². The molecular formula is C7H11F3N2O4S2. The van der Waals surface area contributed by atoms with Crippen molar-refractivity contribution in [1.29, 1.82) is 0 Å². The van der Waals surface area contributed by atoms with Crippen LogP contribution < -0.4 is 4.72 Å². The third kappa shape index (κ3) is 3.73. The number of hydrogen-bond acceptors (Lipinski definition) is 4. The molecule has 0 bridgehead atoms. The number of nitrogens with zero attached hydrogens (tertiary/aromatic N) is 1. The zero-order valence-corrected chi connectivity index (χ0v) is 10.8. The predicted molar refractivity (Wildman–Crippen MR) is 58.2 cm³/mol. The second-order valence-corrected chi connectivity index (χ2v) is 6.57. The number of alkyl halides is 3. The van der Waals surface area contributed by atoms with E-state index in [4.69, 9.17) is 5.11 Å². The molecule has 0 aromatic heterocycles. The monoisotopic (exact) mass is 308 g/mol. The van der Waals surface area contributed by atoms with E-state index < -0.39 is 40.3 Å². The Bertz CT molecular complexity index is 425. The molecule has 1 rings (SSSR count). The number of carboxylic acids is 1. The Balaban J connectivity index is 2.85. The second-order valence-electron chi connectivity index (χ2n) is 3.56. The van der Waals surface area contributed by atoms with E-state index in [0.29, 0.717) is 4.31 Å². The van der Waals surface area contributed by atoms with E-state index in [0.717, 1.165) is 11.8 Å². The minimum absolute atomic E-state index is 0.00340. The number of carbonyl (C=O) groups is 1. The molecule has 0 saturated carbocycles. The highest BCUT2D eigenvalue weighted by atomic mass is 32.2. The van der Waals surface area contributed by atoms with Gasteiger partial charge in [-0.25, -0.2) is 0 Å². The van der Waals surface area contributed by atoms with Gasteiger partial charge < -0.3 is 5.11 Å². The smallest absolute Gasteiger partial charge is 0.402 e. The molecule has 0 aromatic rings. The van der Waals surface area contributed by atoms with Crippen LogP contribution in [0.2, 0.25) is 0 Å². The summed E-state index contributed by atoms with van der Waals surface area (Å²) in [5.74, 6) is -1.38. The van der Waals surface area contributed by atoms with Gasteiger partial charge in [0.15, 0.2) is 0 Å². The van der Waals surface area contributed by atoms with Crippen LogP contribution in [0.25, 0.3) is 0 Å². The molecule has 0 amide bonds. The number of nitrogens with one attached hydrogen (secondary N) is 1. The molecule has 18 heavy (non-hydrogen) atoms. The van der Waals surface area contributed by atoms with Crippen molar-refractivity contribution in [3.8, 4) is 0 Å². The molecule has 1 aliphatic heterocycles. The highest BCUT2D eigenvalue weighted by molar-refractivity contribution is 8.01. The molecule has 6 nitrogen and oxygen atoms in total. The van der Waals surface area contributed by atoms with Crippen LogP contribution in [0.15, 0.2) is 0 Å². The van der Waals surface area contributed by atoms with E-state index in [1.807, 2.05) is 0 Å². The molecule has 1 heterocycles. The minimum atomic E-state index is -4.69. The molecule has 1 aliphatic rings. The van der Waals surface area contributed by atoms with Crippen molar-refractivity contribution in [1.82, 2.24) is 9.03 Å². The second kappa shape index (κ2) is 5.23. The lowest BCUT2D eigenvalue weighted by Crippen LogP contribution is -2.51. The first kappa shape index (κ1) is 15.5. The van der Waals surface area contributed by atoms with E-state index in [2.05, 4.69) is 0 Å². The van der Waals surface area contributed by atoms with Gasteiger partial charge in [0.05, 0.1) is 5.37 Å². The molecule has 0 aromatic carbocycles. The van der Waals surface area contributed by atoms with Gasteiger partial charge in [-0.1, -0.05) is 0 Å². The molecule has 2 unspecified atom stereocenters. The van der Waals surface area contributed by atoms with Crippen molar-refractivity contribution >= 4 is 27.9 Å². The third-order valence-corrected chi connectivity index (χ3v) is 5.16. The molecule has 1 fully saturated rings. The Morgan fingerprint density at radius 2 is 2.11 bits per heavy atom. The van der Waals surface area contributed by atoms with Crippen LogP contribution in [0.4, 0.5) is 13.2 Å². The lowest BCUT2D eigenvalue weighted by molar-refractivity contribution is -0.140. The maximum atomic E-state index is 12.0. The summed E-state index contributed by atoms with van der Waals surface area (Å²) in [6, 6.07) is -1.35. The van der Waals surface area contributed by atoms with Crippen molar-refractivity contribution < 1.29 is 31.5 Å². The maximum Gasteiger partial charge on any atom is 0.402 e. The molecule has 0 aliphatic carbocycles. The van der Waals surface area contributed by atoms with Crippen LogP contribution in [0.1, 0.15) is 6.92 Å². The van der Waals surface area contributed by atoms with E-state index in [1.165, 1.54) is 11.6 Å². The predicted octanol–water partition coefficient (Wildman–Crippen LogP) is 0.231. The molecule has 1 saturated heterocycles. The fourth-order valence-electron chi connectivity index (χ4n) is 1.42. The number of halogens is 3. The number of carboxylic acid groups (broad SMARTS) is 1. The van der Waals surface area contributed by atoms with E-state index in [9.17, 15) is 26.4 Å². The number of thioether (sulfide) groups is 1. The fourth-order valence-corrected chi connectivity index (χ4v) is 4.48. The Kier molecular flexibility index (Phi) is 4.51. The highest BCUT2D eigenvalue weighted by Crippen LogP contribution is 2.31. The van der Waals surface area contributed by atoms with Gasteiger partial charge >= 0.3 is 12.1 Å². The van der Waals surface area contributed by atoms with Crippen molar-refractivity contribution in [2.45, 2.75) is 24.5 Å². The summed E-state index contributed by atoms with van der Waals surface area (Å²) in [6.45, 7) is -0.310. The first-order valence-corrected chi connectivity index (χ1v) is 7.23. The lowest BCUT2D eigenvalue weighted by atomic mass is 10.3. The van der Waals surface area contributed by atoms with Crippen LogP contribution in [0.3, 0.4) is 0 Å². The van der Waals surface area contributed by atoms with Crippen LogP contribution in [-0.4, -0.2) is 53.7 Å². The van der Waals surface area contributed by atoms with Crippen LogP contribution in [0.5, 0.6) is 0 Å². The number of rotatable bonds is 4. The van der Waals surface area contributed by atoms with Crippen LogP contribution >= 0.6 is 11.8 Å². The SMILES string of the molecule is CC1SCC(C(=O)O)N1S(=O)(=O)NCC(F)(F)F. The summed E-state index contributed by atoms with van der Waals surface area (Å²) >= 11 is 1.05. The van der Waals surface area contributed by atoms with Gasteiger partial charge in [0.1, 0.15) is 12.6 Å². The van der Waals surface area contributed by atoms with Crippen molar-refractivity contribution in [3.63, 3.8) is 0 Å². The number of hydrogen-bond donors (Lipinski definition) is 2. The van der Waals surface area contributed by atoms with Crippen molar-refractivity contribution in [2.75, 3.05) is 12.3 Å². The summed E-state index contributed by atoms with van der Waals surface area (Å²) in [7, 11) is -4.47. The summed E-state index contributed by atoms with van der Waals surface area (Å²) in [4.78, 5) is 10.8. The largest absolute Gasteiger partial charge is 0.480 e. The lowest BCUT2D eigenvalue weighted by Gasteiger charge is -2.24. The summed E-state index contributed by atoms with van der Waals surface area (Å²) in [5.41, 5.74) is 0. The van der Waals surface area contributed by atoms with Crippen LogP contribution in [-0.2, 0) is 15.0 Å². The quantitative estimate of drug-likeness (QED) is 0.776. The van der Waals surface area contributed by atoms with E-state index in [-0.39, 0.29) is 5.75 Å². The van der Waals surface area contributed by atoms with E-state index in [1.54, 1.807) is 0 Å². The van der Waals surface area contributed by atoms with Crippen LogP contribution in [0, 0.1) is 0 Å². The van der Waals surface area contributed by atoms with E-state index >= 15 is 0 Å². The minimum Gasteiger partial charge on any atom is -0.480 e. The van der Waals surface area contributed by atoms with Gasteiger partial charge in [0.2, 0.25) is 0 Å². The Morgan fingerprint density at radius 1 is 1.56 bits per heavy atom. The Hall–Kier alpha value is -0.520. The molecule has 106 valence electrons. The topological polar surface area (TPSA) is 86.7 Å². The summed E-state index contributed by atoms with van der Waals surface area (Å²) in [6.07, 6.45) is -4.69. The summed E-state index contributed by atoms with van der Waals surface area (Å²) < 4.78 is 61.1. The van der Waals surface area contributed by atoms with Gasteiger partial charge in [-0.15, -0.1) is 11.8 Å². The van der Waals surface area contributed by atoms with Gasteiger partial charge in [0.25, 0.3) is 10.2 Å². The van der Waals surface area contributed by atoms with Gasteiger partial charge in [0, 0.05) is 5.75 Å². The zero-order valence-electron chi connectivity index (χ0n) is 9.14. The molecular weight excluding hydrogens is 297 g/mol. The van der Waals surface area contributed by atoms with Gasteiger partial charge in [-0.05, 0) is 6.92 Å². The van der Waals surface area contributed by atoms with Gasteiger partial charge in [-0.2, -0.15) is 30.6 Å². The average Bonchev–Trinajstić information content (AvgIpc) is 2.57.